The first-order valence-corrected chi connectivity index (χ1v) is 9.20. The van der Waals surface area contributed by atoms with E-state index in [1.54, 1.807) is 0 Å². The predicted octanol–water partition coefficient (Wildman–Crippen LogP) is 5.23. The van der Waals surface area contributed by atoms with Crippen molar-refractivity contribution in [3.8, 4) is 0 Å². The SMILES string of the molecule is C=C=C[C@@]12CCC[C@H]1[C@@H]1CCC3=CC(=O)CC[C@]3(C)[C@H]1CC2. The van der Waals surface area contributed by atoms with Crippen molar-refractivity contribution in [2.45, 2.75) is 64.7 Å². The van der Waals surface area contributed by atoms with Crippen LogP contribution in [0.4, 0.5) is 0 Å². The van der Waals surface area contributed by atoms with Crippen LogP contribution in [0.1, 0.15) is 64.7 Å². The van der Waals surface area contributed by atoms with Crippen LogP contribution < -0.4 is 0 Å². The molecule has 0 aromatic rings. The molecule has 0 spiro atoms. The molecule has 118 valence electrons. The zero-order chi connectivity index (χ0) is 15.4. The molecule has 0 N–H and O–H groups in total. The molecule has 0 aromatic heterocycles. The summed E-state index contributed by atoms with van der Waals surface area (Å²) in [6.07, 6.45) is 15.4. The van der Waals surface area contributed by atoms with Crippen molar-refractivity contribution >= 4 is 5.78 Å². The third kappa shape index (κ3) is 1.88. The van der Waals surface area contributed by atoms with Crippen molar-refractivity contribution < 1.29 is 4.79 Å². The summed E-state index contributed by atoms with van der Waals surface area (Å²) in [5, 5.41) is 0. The van der Waals surface area contributed by atoms with Gasteiger partial charge in [-0.1, -0.05) is 25.5 Å². The topological polar surface area (TPSA) is 17.1 Å². The van der Waals surface area contributed by atoms with Crippen LogP contribution in [-0.4, -0.2) is 5.78 Å². The maximum Gasteiger partial charge on any atom is 0.155 e. The van der Waals surface area contributed by atoms with Gasteiger partial charge in [0.05, 0.1) is 0 Å². The van der Waals surface area contributed by atoms with Crippen LogP contribution in [0.15, 0.2) is 30.0 Å². The highest BCUT2D eigenvalue weighted by molar-refractivity contribution is 5.91. The van der Waals surface area contributed by atoms with Crippen molar-refractivity contribution in [2.75, 3.05) is 0 Å². The number of fused-ring (bicyclic) bond motifs is 5. The van der Waals surface area contributed by atoms with Gasteiger partial charge in [0.25, 0.3) is 0 Å². The van der Waals surface area contributed by atoms with E-state index in [9.17, 15) is 4.79 Å². The molecule has 4 aliphatic carbocycles. The lowest BCUT2D eigenvalue weighted by Crippen LogP contribution is -2.49. The quantitative estimate of drug-likeness (QED) is 0.606. The Kier molecular flexibility index (Phi) is 3.28. The van der Waals surface area contributed by atoms with Crippen LogP contribution in [0.2, 0.25) is 0 Å². The molecule has 0 unspecified atom stereocenters. The molecule has 0 bridgehead atoms. The molecule has 4 rings (SSSR count). The zero-order valence-electron chi connectivity index (χ0n) is 13.9. The summed E-state index contributed by atoms with van der Waals surface area (Å²) in [7, 11) is 0. The minimum absolute atomic E-state index is 0.309. The fraction of sp³-hybridized carbons (Fsp3) is 0.714. The lowest BCUT2D eigenvalue weighted by Gasteiger charge is -2.57. The Morgan fingerprint density at radius 1 is 1.18 bits per heavy atom. The maximum atomic E-state index is 11.8. The highest BCUT2D eigenvalue weighted by atomic mass is 16.1. The lowest BCUT2D eigenvalue weighted by atomic mass is 9.47. The van der Waals surface area contributed by atoms with E-state index in [0.717, 1.165) is 37.0 Å². The van der Waals surface area contributed by atoms with Gasteiger partial charge in [-0.05, 0) is 85.7 Å². The number of hydrogen-bond acceptors (Lipinski definition) is 1. The number of allylic oxidation sites excluding steroid dienone is 2. The van der Waals surface area contributed by atoms with Crippen LogP contribution in [0, 0.1) is 28.6 Å². The van der Waals surface area contributed by atoms with E-state index >= 15 is 0 Å². The second-order valence-corrected chi connectivity index (χ2v) is 8.48. The largest absolute Gasteiger partial charge is 0.295 e. The third-order valence-corrected chi connectivity index (χ3v) is 7.76. The van der Waals surface area contributed by atoms with E-state index in [1.807, 2.05) is 6.08 Å². The molecule has 3 saturated carbocycles. The van der Waals surface area contributed by atoms with Crippen molar-refractivity contribution in [3.63, 3.8) is 0 Å². The summed E-state index contributed by atoms with van der Waals surface area (Å²) in [6, 6.07) is 0. The molecule has 5 atom stereocenters. The fourth-order valence-electron chi connectivity index (χ4n) is 6.72. The molecule has 3 fully saturated rings. The Labute approximate surface area is 134 Å². The fourth-order valence-corrected chi connectivity index (χ4v) is 6.72. The van der Waals surface area contributed by atoms with E-state index in [0.29, 0.717) is 16.6 Å². The molecular weight excluding hydrogens is 268 g/mol. The van der Waals surface area contributed by atoms with Crippen molar-refractivity contribution in [3.05, 3.63) is 30.0 Å². The van der Waals surface area contributed by atoms with Gasteiger partial charge < -0.3 is 0 Å². The first-order chi connectivity index (χ1) is 10.6. The van der Waals surface area contributed by atoms with Crippen LogP contribution in [0.25, 0.3) is 0 Å². The highest BCUT2D eigenvalue weighted by Gasteiger charge is 2.56. The molecule has 0 amide bonds. The van der Waals surface area contributed by atoms with Gasteiger partial charge in [0, 0.05) is 6.42 Å². The van der Waals surface area contributed by atoms with Gasteiger partial charge in [0.1, 0.15) is 0 Å². The molecule has 1 nitrogen and oxygen atoms in total. The van der Waals surface area contributed by atoms with Gasteiger partial charge >= 0.3 is 0 Å². The Bertz CT molecular complexity index is 579. The standard InChI is InChI=1S/C21H28O/c1-3-10-21-11-4-5-19(21)17-7-6-15-14-16(22)8-12-20(15,2)18(17)9-13-21/h10,14,17-19H,1,4-9,11-13H2,2H3/t17-,18+,19+,20+,21+/m1/s1. The van der Waals surface area contributed by atoms with Gasteiger partial charge in [0.15, 0.2) is 5.78 Å². The average Bonchev–Trinajstić information content (AvgIpc) is 2.92. The number of hydrogen-bond donors (Lipinski definition) is 0. The zero-order valence-corrected chi connectivity index (χ0v) is 13.9. The molecule has 1 heteroatoms. The first kappa shape index (κ1) is 14.5. The van der Waals surface area contributed by atoms with Crippen LogP contribution in [0.5, 0.6) is 0 Å². The first-order valence-electron chi connectivity index (χ1n) is 9.20. The van der Waals surface area contributed by atoms with Crippen LogP contribution >= 0.6 is 0 Å². The average molecular weight is 296 g/mol. The summed E-state index contributed by atoms with van der Waals surface area (Å²) < 4.78 is 0. The van der Waals surface area contributed by atoms with Crippen LogP contribution in [0.3, 0.4) is 0 Å². The minimum Gasteiger partial charge on any atom is -0.295 e. The molecule has 4 aliphatic rings. The Hall–Kier alpha value is -1.07. The van der Waals surface area contributed by atoms with E-state index in [4.69, 9.17) is 0 Å². The number of carbonyl (C=O) groups excluding carboxylic acids is 1. The summed E-state index contributed by atoms with van der Waals surface area (Å²) in [6.45, 7) is 6.34. The minimum atomic E-state index is 0.309. The van der Waals surface area contributed by atoms with Gasteiger partial charge in [-0.2, -0.15) is 0 Å². The Morgan fingerprint density at radius 2 is 2.05 bits per heavy atom. The summed E-state index contributed by atoms with van der Waals surface area (Å²) in [5.74, 6) is 2.87. The molecule has 0 heterocycles. The second kappa shape index (κ2) is 4.96. The number of carbonyl (C=O) groups is 1. The monoisotopic (exact) mass is 296 g/mol. The lowest BCUT2D eigenvalue weighted by molar-refractivity contribution is -0.117. The number of rotatable bonds is 1. The molecule has 0 aromatic carbocycles. The normalized spacial score (nSPS) is 46.9. The summed E-state index contributed by atoms with van der Waals surface area (Å²) in [5.41, 5.74) is 5.33. The van der Waals surface area contributed by atoms with Gasteiger partial charge in [-0.25, -0.2) is 0 Å². The molecule has 0 aliphatic heterocycles. The van der Waals surface area contributed by atoms with Crippen molar-refractivity contribution in [1.29, 1.82) is 0 Å². The number of ketones is 1. The summed E-state index contributed by atoms with van der Waals surface area (Å²) in [4.78, 5) is 11.8. The van der Waals surface area contributed by atoms with E-state index in [1.165, 1.54) is 44.1 Å². The molecule has 0 saturated heterocycles. The molecule has 22 heavy (non-hydrogen) atoms. The smallest absolute Gasteiger partial charge is 0.155 e. The van der Waals surface area contributed by atoms with Crippen molar-refractivity contribution in [1.82, 2.24) is 0 Å². The van der Waals surface area contributed by atoms with Crippen LogP contribution in [-0.2, 0) is 4.79 Å². The predicted molar refractivity (Wildman–Crippen MR) is 89.4 cm³/mol. The highest BCUT2D eigenvalue weighted by Crippen LogP contribution is 2.65. The Morgan fingerprint density at radius 3 is 2.86 bits per heavy atom. The van der Waals surface area contributed by atoms with E-state index in [-0.39, 0.29) is 0 Å². The van der Waals surface area contributed by atoms with Gasteiger partial charge in [-0.15, -0.1) is 5.73 Å². The Balaban J connectivity index is 1.70. The van der Waals surface area contributed by atoms with Gasteiger partial charge in [0.2, 0.25) is 0 Å². The van der Waals surface area contributed by atoms with Gasteiger partial charge in [-0.3, -0.25) is 4.79 Å². The third-order valence-electron chi connectivity index (χ3n) is 7.76. The second-order valence-electron chi connectivity index (χ2n) is 8.48. The molecule has 0 radical (unpaired) electrons. The van der Waals surface area contributed by atoms with E-state index in [2.05, 4.69) is 25.3 Å². The van der Waals surface area contributed by atoms with Crippen molar-refractivity contribution in [2.24, 2.45) is 28.6 Å². The molecular formula is C21H28O. The maximum absolute atomic E-state index is 11.8. The summed E-state index contributed by atoms with van der Waals surface area (Å²) >= 11 is 0. The van der Waals surface area contributed by atoms with E-state index < -0.39 is 0 Å².